The van der Waals surface area contributed by atoms with E-state index in [0.29, 0.717) is 11.4 Å². The number of nitrogens with zero attached hydrogens (tertiary/aromatic N) is 1. The number of aliphatic hydroxyl groups is 1. The van der Waals surface area contributed by atoms with E-state index in [4.69, 9.17) is 9.47 Å². The fourth-order valence-corrected chi connectivity index (χ4v) is 2.54. The average Bonchev–Trinajstić information content (AvgIpc) is 2.57. The van der Waals surface area contributed by atoms with E-state index < -0.39 is 6.10 Å². The van der Waals surface area contributed by atoms with Gasteiger partial charge in [-0.2, -0.15) is 0 Å². The Morgan fingerprint density at radius 3 is 2.59 bits per heavy atom. The van der Waals surface area contributed by atoms with E-state index in [-0.39, 0.29) is 19.1 Å². The third kappa shape index (κ3) is 2.51. The third-order valence-electron chi connectivity index (χ3n) is 3.63. The molecule has 1 aliphatic heterocycles. The molecule has 2 aromatic rings. The smallest absolute Gasteiger partial charge is 0.272 e. The van der Waals surface area contributed by atoms with Crippen LogP contribution in [0.15, 0.2) is 48.5 Å². The Kier molecular flexibility index (Phi) is 3.98. The Labute approximate surface area is 128 Å². The number of fused-ring (bicyclic) bond motifs is 1. The molecule has 0 saturated heterocycles. The van der Waals surface area contributed by atoms with Crippen LogP contribution in [-0.4, -0.2) is 31.3 Å². The van der Waals surface area contributed by atoms with E-state index in [2.05, 4.69) is 0 Å². The van der Waals surface area contributed by atoms with Gasteiger partial charge in [0.1, 0.15) is 11.5 Å². The minimum absolute atomic E-state index is 0.102. The van der Waals surface area contributed by atoms with E-state index in [1.165, 1.54) is 0 Å². The minimum Gasteiger partial charge on any atom is -0.497 e. The first-order chi connectivity index (χ1) is 10.7. The van der Waals surface area contributed by atoms with Gasteiger partial charge in [0.05, 0.1) is 19.4 Å². The fraction of sp³-hybridized carbons (Fsp3) is 0.235. The molecule has 0 aromatic heterocycles. The van der Waals surface area contributed by atoms with E-state index in [1.54, 1.807) is 24.1 Å². The molecule has 1 amide bonds. The van der Waals surface area contributed by atoms with Crippen molar-refractivity contribution in [2.24, 2.45) is 0 Å². The van der Waals surface area contributed by atoms with Gasteiger partial charge in [-0.15, -0.1) is 0 Å². The van der Waals surface area contributed by atoms with Crippen molar-refractivity contribution in [3.05, 3.63) is 54.1 Å². The highest BCUT2D eigenvalue weighted by atomic mass is 16.5. The number of amides is 1. The first-order valence-electron chi connectivity index (χ1n) is 7.06. The van der Waals surface area contributed by atoms with Gasteiger partial charge in [0.2, 0.25) is 6.10 Å². The predicted octanol–water partition coefficient (Wildman–Crippen LogP) is 2.15. The fourth-order valence-electron chi connectivity index (χ4n) is 2.54. The van der Waals surface area contributed by atoms with Crippen LogP contribution in [0.25, 0.3) is 0 Å². The normalized spacial score (nSPS) is 16.9. The summed E-state index contributed by atoms with van der Waals surface area (Å²) in [5.74, 6) is 1.17. The van der Waals surface area contributed by atoms with Gasteiger partial charge < -0.3 is 19.5 Å². The summed E-state index contributed by atoms with van der Waals surface area (Å²) in [4.78, 5) is 14.3. The van der Waals surface area contributed by atoms with Crippen LogP contribution in [-0.2, 0) is 4.79 Å². The van der Waals surface area contributed by atoms with Crippen LogP contribution in [0.1, 0.15) is 11.7 Å². The predicted molar refractivity (Wildman–Crippen MR) is 82.2 cm³/mol. The lowest BCUT2D eigenvalue weighted by Gasteiger charge is -2.34. The van der Waals surface area contributed by atoms with Crippen molar-refractivity contribution in [3.8, 4) is 11.5 Å². The van der Waals surface area contributed by atoms with Crippen LogP contribution >= 0.6 is 0 Å². The van der Waals surface area contributed by atoms with Gasteiger partial charge >= 0.3 is 0 Å². The standard InChI is InChI=1S/C17H17NO4/c1-21-13-8-6-12(7-9-13)16-17(20)18(10-11-19)14-4-2-3-5-15(14)22-16/h2-9,16,19H,10-11H2,1H3. The van der Waals surface area contributed by atoms with Crippen LogP contribution in [0, 0.1) is 0 Å². The number of methoxy groups -OCH3 is 1. The van der Waals surface area contributed by atoms with Crippen LogP contribution in [0.3, 0.4) is 0 Å². The van der Waals surface area contributed by atoms with E-state index in [0.717, 1.165) is 11.3 Å². The van der Waals surface area contributed by atoms with Crippen LogP contribution < -0.4 is 14.4 Å². The quantitative estimate of drug-likeness (QED) is 0.940. The van der Waals surface area contributed by atoms with Gasteiger partial charge in [-0.1, -0.05) is 24.3 Å². The molecule has 1 unspecified atom stereocenters. The summed E-state index contributed by atoms with van der Waals surface area (Å²) in [6.07, 6.45) is -0.715. The average molecular weight is 299 g/mol. The molecule has 0 saturated carbocycles. The SMILES string of the molecule is COc1ccc(C2Oc3ccccc3N(CCO)C2=O)cc1. The van der Waals surface area contributed by atoms with Crippen LogP contribution in [0.2, 0.25) is 0 Å². The molecule has 0 bridgehead atoms. The number of ether oxygens (including phenoxy) is 2. The summed E-state index contributed by atoms with van der Waals surface area (Å²) in [6, 6.07) is 14.5. The second-order valence-electron chi connectivity index (χ2n) is 4.95. The zero-order valence-electron chi connectivity index (χ0n) is 12.2. The monoisotopic (exact) mass is 299 g/mol. The van der Waals surface area contributed by atoms with E-state index in [9.17, 15) is 9.90 Å². The van der Waals surface area contributed by atoms with Gasteiger partial charge in [-0.05, 0) is 24.3 Å². The summed E-state index contributed by atoms with van der Waals surface area (Å²) < 4.78 is 11.0. The number of rotatable bonds is 4. The Hall–Kier alpha value is -2.53. The van der Waals surface area contributed by atoms with Gasteiger partial charge in [-0.3, -0.25) is 4.79 Å². The van der Waals surface area contributed by atoms with Gasteiger partial charge in [0.15, 0.2) is 0 Å². The van der Waals surface area contributed by atoms with Crippen molar-refractivity contribution in [2.75, 3.05) is 25.2 Å². The Morgan fingerprint density at radius 1 is 1.18 bits per heavy atom. The van der Waals surface area contributed by atoms with Crippen molar-refractivity contribution >= 4 is 11.6 Å². The number of hydrogen-bond donors (Lipinski definition) is 1. The lowest BCUT2D eigenvalue weighted by Crippen LogP contribution is -2.42. The molecule has 0 aliphatic carbocycles. The highest BCUT2D eigenvalue weighted by Crippen LogP contribution is 2.38. The number of benzene rings is 2. The molecule has 5 nitrogen and oxygen atoms in total. The number of β-amino-alcohol motifs (C(OH)–C–C–N with tert-alkyl or cyclic N) is 1. The molecule has 0 fully saturated rings. The summed E-state index contributed by atoms with van der Waals surface area (Å²) in [5, 5.41) is 9.24. The van der Waals surface area contributed by atoms with Crippen molar-refractivity contribution in [1.29, 1.82) is 0 Å². The molecule has 0 spiro atoms. The molecule has 2 aromatic carbocycles. The summed E-state index contributed by atoms with van der Waals surface area (Å²) >= 11 is 0. The largest absolute Gasteiger partial charge is 0.497 e. The molecule has 1 aliphatic rings. The molecule has 0 radical (unpaired) electrons. The molecule has 22 heavy (non-hydrogen) atoms. The number of anilines is 1. The zero-order valence-corrected chi connectivity index (χ0v) is 12.2. The minimum atomic E-state index is -0.715. The Morgan fingerprint density at radius 2 is 1.91 bits per heavy atom. The van der Waals surface area contributed by atoms with Gasteiger partial charge in [-0.25, -0.2) is 0 Å². The second kappa shape index (κ2) is 6.07. The number of carbonyl (C=O) groups is 1. The molecule has 114 valence electrons. The van der Waals surface area contributed by atoms with Crippen molar-refractivity contribution in [1.82, 2.24) is 0 Å². The molecular formula is C17H17NO4. The molecule has 3 rings (SSSR count). The number of hydrogen-bond acceptors (Lipinski definition) is 4. The number of para-hydroxylation sites is 2. The van der Waals surface area contributed by atoms with Gasteiger partial charge in [0.25, 0.3) is 5.91 Å². The van der Waals surface area contributed by atoms with Crippen molar-refractivity contribution in [3.63, 3.8) is 0 Å². The number of aliphatic hydroxyl groups excluding tert-OH is 1. The Balaban J connectivity index is 1.97. The second-order valence-corrected chi connectivity index (χ2v) is 4.95. The summed E-state index contributed by atoms with van der Waals surface area (Å²) in [7, 11) is 1.59. The first kappa shape index (κ1) is 14.4. The maximum atomic E-state index is 12.7. The highest BCUT2D eigenvalue weighted by molar-refractivity contribution is 6.00. The zero-order chi connectivity index (χ0) is 15.5. The maximum absolute atomic E-state index is 12.7. The number of carbonyl (C=O) groups excluding carboxylic acids is 1. The molecular weight excluding hydrogens is 282 g/mol. The van der Waals surface area contributed by atoms with Crippen LogP contribution in [0.5, 0.6) is 11.5 Å². The first-order valence-corrected chi connectivity index (χ1v) is 7.06. The molecule has 1 N–H and O–H groups in total. The topological polar surface area (TPSA) is 59.0 Å². The highest BCUT2D eigenvalue weighted by Gasteiger charge is 2.34. The van der Waals surface area contributed by atoms with Crippen molar-refractivity contribution in [2.45, 2.75) is 6.10 Å². The molecule has 5 heteroatoms. The van der Waals surface area contributed by atoms with Crippen LogP contribution in [0.4, 0.5) is 5.69 Å². The Bertz CT molecular complexity index is 669. The van der Waals surface area contributed by atoms with Gasteiger partial charge in [0, 0.05) is 12.1 Å². The third-order valence-corrected chi connectivity index (χ3v) is 3.63. The maximum Gasteiger partial charge on any atom is 0.272 e. The van der Waals surface area contributed by atoms with Crippen molar-refractivity contribution < 1.29 is 19.4 Å². The van der Waals surface area contributed by atoms with E-state index in [1.807, 2.05) is 36.4 Å². The molecule has 1 atom stereocenters. The summed E-state index contributed by atoms with van der Waals surface area (Å²) in [5.41, 5.74) is 1.44. The summed E-state index contributed by atoms with van der Waals surface area (Å²) in [6.45, 7) is 0.140. The lowest BCUT2D eigenvalue weighted by atomic mass is 10.1. The lowest BCUT2D eigenvalue weighted by molar-refractivity contribution is -0.126. The molecule has 1 heterocycles. The van der Waals surface area contributed by atoms with E-state index >= 15 is 0 Å².